The van der Waals surface area contributed by atoms with Gasteiger partial charge in [-0.3, -0.25) is 14.4 Å². The van der Waals surface area contributed by atoms with Crippen LogP contribution in [0.2, 0.25) is 0 Å². The van der Waals surface area contributed by atoms with Crippen LogP contribution in [0.15, 0.2) is 66.4 Å². The lowest BCUT2D eigenvalue weighted by atomic mass is 9.91. The SMILES string of the molecule is CO[C@@H]1C(=O)OC[C@H](C)[C@H](C)/C=C(\C)C[C@H](C)C(=O)N[C@@H](C)C(=O)N(C)[C@H](Cc2c[nH]c3ccccc23)C(=O)N[C@H]1c1ccc(F)cc1. The van der Waals surface area contributed by atoms with Gasteiger partial charge in [-0.2, -0.15) is 0 Å². The summed E-state index contributed by atoms with van der Waals surface area (Å²) in [5.74, 6) is -2.97. The van der Waals surface area contributed by atoms with Gasteiger partial charge in [-0.1, -0.05) is 62.8 Å². The molecule has 2 aromatic carbocycles. The van der Waals surface area contributed by atoms with Crippen LogP contribution in [0.5, 0.6) is 0 Å². The lowest BCUT2D eigenvalue weighted by Crippen LogP contribution is -2.56. The van der Waals surface area contributed by atoms with E-state index in [1.807, 2.05) is 45.0 Å². The maximum absolute atomic E-state index is 14.4. The molecule has 0 fully saturated rings. The number of esters is 1. The maximum Gasteiger partial charge on any atom is 0.337 e. The summed E-state index contributed by atoms with van der Waals surface area (Å²) in [4.78, 5) is 59.5. The molecule has 1 aromatic heterocycles. The fourth-order valence-corrected chi connectivity index (χ4v) is 6.12. The Kier molecular flexibility index (Phi) is 12.2. The van der Waals surface area contributed by atoms with Gasteiger partial charge in [-0.15, -0.1) is 0 Å². The Balaban J connectivity index is 1.77. The number of hydrogen-bond donors (Lipinski definition) is 3. The molecule has 0 bridgehead atoms. The van der Waals surface area contributed by atoms with Crippen LogP contribution in [0.3, 0.4) is 0 Å². The smallest absolute Gasteiger partial charge is 0.337 e. The topological polar surface area (TPSA) is 130 Å². The Morgan fingerprint density at radius 2 is 1.65 bits per heavy atom. The minimum atomic E-state index is -1.28. The molecular weight excluding hydrogens is 615 g/mol. The highest BCUT2D eigenvalue weighted by Crippen LogP contribution is 2.26. The number of H-pyrrole nitrogens is 1. The zero-order chi connectivity index (χ0) is 35.1. The quantitative estimate of drug-likeness (QED) is 0.271. The van der Waals surface area contributed by atoms with Crippen LogP contribution in [0.25, 0.3) is 10.9 Å². The number of halogens is 1. The maximum atomic E-state index is 14.4. The molecule has 48 heavy (non-hydrogen) atoms. The van der Waals surface area contributed by atoms with Crippen molar-refractivity contribution in [3.63, 3.8) is 0 Å². The van der Waals surface area contributed by atoms with Crippen molar-refractivity contribution in [1.29, 1.82) is 0 Å². The van der Waals surface area contributed by atoms with E-state index in [-0.39, 0.29) is 30.8 Å². The van der Waals surface area contributed by atoms with Crippen molar-refractivity contribution in [3.8, 4) is 0 Å². The number of hydrogen-bond acceptors (Lipinski definition) is 6. The van der Waals surface area contributed by atoms with Gasteiger partial charge in [0.25, 0.3) is 0 Å². The van der Waals surface area contributed by atoms with E-state index in [9.17, 15) is 23.6 Å². The number of carbonyl (C=O) groups excluding carboxylic acids is 4. The van der Waals surface area contributed by atoms with Crippen molar-refractivity contribution in [2.24, 2.45) is 17.8 Å². The molecule has 0 saturated heterocycles. The average molecular weight is 663 g/mol. The fourth-order valence-electron chi connectivity index (χ4n) is 6.12. The number of para-hydroxylation sites is 1. The molecule has 3 N–H and O–H groups in total. The molecule has 4 rings (SSSR count). The summed E-state index contributed by atoms with van der Waals surface area (Å²) in [7, 11) is 2.85. The minimum absolute atomic E-state index is 0.0168. The Bertz CT molecular complexity index is 1640. The van der Waals surface area contributed by atoms with Gasteiger partial charge in [0.05, 0.1) is 12.6 Å². The molecule has 0 saturated carbocycles. The second kappa shape index (κ2) is 16.1. The van der Waals surface area contributed by atoms with E-state index < -0.39 is 53.7 Å². The Hall–Kier alpha value is -4.51. The first kappa shape index (κ1) is 36.3. The summed E-state index contributed by atoms with van der Waals surface area (Å²) in [5.41, 5.74) is 3.07. The normalized spacial score (nSPS) is 28.4. The van der Waals surface area contributed by atoms with Crippen molar-refractivity contribution >= 4 is 34.6 Å². The third-order valence-corrected chi connectivity index (χ3v) is 9.26. The van der Waals surface area contributed by atoms with Gasteiger partial charge < -0.3 is 30.0 Å². The summed E-state index contributed by atoms with van der Waals surface area (Å²) < 4.78 is 25.4. The highest BCUT2D eigenvalue weighted by molar-refractivity contribution is 5.93. The number of aromatic nitrogens is 1. The molecule has 0 spiro atoms. The van der Waals surface area contributed by atoms with Crippen LogP contribution in [-0.4, -0.2) is 72.5 Å². The largest absolute Gasteiger partial charge is 0.463 e. The Labute approximate surface area is 281 Å². The number of rotatable bonds is 4. The van der Waals surface area contributed by atoms with Gasteiger partial charge in [0.15, 0.2) is 6.10 Å². The molecule has 7 atom stereocenters. The molecule has 0 radical (unpaired) electrons. The van der Waals surface area contributed by atoms with E-state index >= 15 is 0 Å². The molecule has 0 aliphatic carbocycles. The number of methoxy groups -OCH3 is 1. The van der Waals surface area contributed by atoms with Gasteiger partial charge in [0, 0.05) is 43.6 Å². The third-order valence-electron chi connectivity index (χ3n) is 9.26. The first-order valence-corrected chi connectivity index (χ1v) is 16.3. The van der Waals surface area contributed by atoms with Gasteiger partial charge in [0.1, 0.15) is 17.9 Å². The summed E-state index contributed by atoms with van der Waals surface area (Å²) in [6.07, 6.45) is 3.17. The molecule has 1 aliphatic heterocycles. The lowest BCUT2D eigenvalue weighted by Gasteiger charge is -2.33. The first-order chi connectivity index (χ1) is 22.8. The summed E-state index contributed by atoms with van der Waals surface area (Å²) in [5, 5.41) is 6.65. The molecule has 3 amide bonds. The average Bonchev–Trinajstić information content (AvgIpc) is 3.47. The molecule has 3 aromatic rings. The van der Waals surface area contributed by atoms with Gasteiger partial charge in [-0.05, 0) is 61.4 Å². The number of fused-ring (bicyclic) bond motifs is 1. The fraction of sp³-hybridized carbons (Fsp3) is 0.459. The van der Waals surface area contributed by atoms with E-state index in [1.54, 1.807) is 20.0 Å². The van der Waals surface area contributed by atoms with Crippen LogP contribution in [0.4, 0.5) is 4.39 Å². The first-order valence-electron chi connectivity index (χ1n) is 16.3. The van der Waals surface area contributed by atoms with Gasteiger partial charge in [-0.25, -0.2) is 9.18 Å². The molecule has 258 valence electrons. The number of carbonyl (C=O) groups is 4. The van der Waals surface area contributed by atoms with Crippen molar-refractivity contribution in [2.75, 3.05) is 20.8 Å². The molecule has 2 heterocycles. The zero-order valence-corrected chi connectivity index (χ0v) is 28.7. The van der Waals surface area contributed by atoms with E-state index in [0.717, 1.165) is 22.0 Å². The second-order valence-corrected chi connectivity index (χ2v) is 13.0. The van der Waals surface area contributed by atoms with Crippen LogP contribution in [0, 0.1) is 23.6 Å². The van der Waals surface area contributed by atoms with E-state index in [1.165, 1.54) is 43.3 Å². The highest BCUT2D eigenvalue weighted by atomic mass is 19.1. The molecular formula is C37H47FN4O6. The summed E-state index contributed by atoms with van der Waals surface area (Å²) in [6.45, 7) is 9.40. The van der Waals surface area contributed by atoms with Crippen molar-refractivity contribution in [3.05, 3.63) is 83.3 Å². The second-order valence-electron chi connectivity index (χ2n) is 13.0. The standard InChI is InChI=1S/C37H47FN4O6/c1-21-16-22(2)24(4)20-48-37(46)33(47-7)32(26-12-14-28(38)15-13-26)41-35(44)31(18-27-19-39-30-11-9-8-10-29(27)30)42(6)36(45)25(5)40-34(43)23(3)17-21/h8-16,19,22-25,31-33,39H,17-18,20H2,1-7H3,(H,40,43)(H,41,44)/b21-16+/t22-,23+,24+,25+,31-,32+,33+/m1/s1. The van der Waals surface area contributed by atoms with E-state index in [4.69, 9.17) is 9.47 Å². The number of nitrogens with one attached hydrogen (secondary N) is 3. The van der Waals surface area contributed by atoms with E-state index in [0.29, 0.717) is 12.0 Å². The van der Waals surface area contributed by atoms with Crippen molar-refractivity contribution in [2.45, 2.75) is 71.7 Å². The van der Waals surface area contributed by atoms with Gasteiger partial charge in [0.2, 0.25) is 17.7 Å². The monoisotopic (exact) mass is 662 g/mol. The molecule has 10 nitrogen and oxygen atoms in total. The van der Waals surface area contributed by atoms with Crippen LogP contribution in [0.1, 0.15) is 58.2 Å². The Morgan fingerprint density at radius 1 is 0.958 bits per heavy atom. The highest BCUT2D eigenvalue weighted by Gasteiger charge is 2.37. The third kappa shape index (κ3) is 8.69. The van der Waals surface area contributed by atoms with Crippen LogP contribution >= 0.6 is 0 Å². The number of ether oxygens (including phenoxy) is 2. The molecule has 11 heteroatoms. The number of amides is 3. The number of aromatic amines is 1. The number of allylic oxidation sites excluding steroid dienone is 2. The summed E-state index contributed by atoms with van der Waals surface area (Å²) >= 11 is 0. The summed E-state index contributed by atoms with van der Waals surface area (Å²) in [6, 6.07) is 9.93. The lowest BCUT2D eigenvalue weighted by molar-refractivity contribution is -0.159. The van der Waals surface area contributed by atoms with Crippen LogP contribution < -0.4 is 10.6 Å². The minimum Gasteiger partial charge on any atom is -0.463 e. The molecule has 0 unspecified atom stereocenters. The molecule has 1 aliphatic rings. The number of likely N-dealkylation sites (N-methyl/N-ethyl adjacent to an activating group) is 1. The van der Waals surface area contributed by atoms with Crippen LogP contribution in [-0.2, 0) is 35.1 Å². The number of nitrogens with zero attached hydrogens (tertiary/aromatic N) is 1. The van der Waals surface area contributed by atoms with Gasteiger partial charge >= 0.3 is 5.97 Å². The predicted molar refractivity (Wildman–Crippen MR) is 181 cm³/mol. The number of cyclic esters (lactones) is 1. The van der Waals surface area contributed by atoms with Crippen molar-refractivity contribution < 1.29 is 33.0 Å². The van der Waals surface area contributed by atoms with E-state index in [2.05, 4.69) is 21.7 Å². The predicted octanol–water partition coefficient (Wildman–Crippen LogP) is 4.86. The zero-order valence-electron chi connectivity index (χ0n) is 28.7. The van der Waals surface area contributed by atoms with Crippen molar-refractivity contribution in [1.82, 2.24) is 20.5 Å². The number of benzene rings is 2. The Morgan fingerprint density at radius 3 is 2.33 bits per heavy atom.